The number of hydrogen-bond acceptors (Lipinski definition) is 4. The fourth-order valence-electron chi connectivity index (χ4n) is 3.37. The summed E-state index contributed by atoms with van der Waals surface area (Å²) >= 11 is 0. The third-order valence-corrected chi connectivity index (χ3v) is 4.60. The van der Waals surface area contributed by atoms with Crippen LogP contribution in [0.1, 0.15) is 0 Å². The van der Waals surface area contributed by atoms with Crippen LogP contribution >= 0.6 is 0 Å². The van der Waals surface area contributed by atoms with Gasteiger partial charge in [0.2, 0.25) is 5.91 Å². The molecule has 1 heterocycles. The molecule has 0 aliphatic heterocycles. The molecule has 0 fully saturated rings. The SMILES string of the molecule is N#CCOc1cccc(NC(=O)Cn2c3ccccc3c(=O)c3ccccc32)c1. The molecular formula is C23H17N3O3. The first kappa shape index (κ1) is 18.3. The topological polar surface area (TPSA) is 84.1 Å². The molecule has 0 saturated heterocycles. The van der Waals surface area contributed by atoms with Crippen molar-refractivity contribution in [2.24, 2.45) is 0 Å². The molecule has 0 aliphatic rings. The number of rotatable bonds is 5. The summed E-state index contributed by atoms with van der Waals surface area (Å²) in [5.41, 5.74) is 1.94. The van der Waals surface area contributed by atoms with Crippen LogP contribution in [0.3, 0.4) is 0 Å². The lowest BCUT2D eigenvalue weighted by atomic mass is 10.1. The van der Waals surface area contributed by atoms with Gasteiger partial charge in [-0.15, -0.1) is 0 Å². The van der Waals surface area contributed by atoms with Crippen molar-refractivity contribution in [3.8, 4) is 11.8 Å². The number of fused-ring (bicyclic) bond motifs is 2. The number of para-hydroxylation sites is 2. The molecule has 0 unspecified atom stereocenters. The molecule has 0 bridgehead atoms. The van der Waals surface area contributed by atoms with E-state index in [9.17, 15) is 9.59 Å². The van der Waals surface area contributed by atoms with Gasteiger partial charge in [-0.2, -0.15) is 5.26 Å². The fraction of sp³-hybridized carbons (Fsp3) is 0.0870. The van der Waals surface area contributed by atoms with Gasteiger partial charge in [0.05, 0.1) is 11.0 Å². The van der Waals surface area contributed by atoms with Crippen molar-refractivity contribution in [3.63, 3.8) is 0 Å². The molecule has 0 saturated carbocycles. The van der Waals surface area contributed by atoms with E-state index in [1.807, 2.05) is 47.0 Å². The van der Waals surface area contributed by atoms with E-state index in [4.69, 9.17) is 10.00 Å². The van der Waals surface area contributed by atoms with Gasteiger partial charge in [0.15, 0.2) is 12.0 Å². The van der Waals surface area contributed by atoms with E-state index in [2.05, 4.69) is 5.32 Å². The largest absolute Gasteiger partial charge is 0.479 e. The zero-order chi connectivity index (χ0) is 20.2. The van der Waals surface area contributed by atoms with Gasteiger partial charge in [0.25, 0.3) is 0 Å². The number of nitrogens with one attached hydrogen (secondary N) is 1. The first-order valence-corrected chi connectivity index (χ1v) is 9.07. The molecule has 6 heteroatoms. The van der Waals surface area contributed by atoms with E-state index in [0.717, 1.165) is 0 Å². The van der Waals surface area contributed by atoms with Crippen LogP contribution in [-0.2, 0) is 11.3 Å². The highest BCUT2D eigenvalue weighted by atomic mass is 16.5. The number of carbonyl (C=O) groups excluding carboxylic acids is 1. The number of ether oxygens (including phenoxy) is 1. The maximum absolute atomic E-state index is 12.8. The highest BCUT2D eigenvalue weighted by Gasteiger charge is 2.13. The Morgan fingerprint density at radius 1 is 0.966 bits per heavy atom. The molecule has 0 aliphatic carbocycles. The number of nitriles is 1. The molecule has 4 aromatic rings. The quantitative estimate of drug-likeness (QED) is 0.533. The van der Waals surface area contributed by atoms with Crippen molar-refractivity contribution in [2.45, 2.75) is 6.54 Å². The lowest BCUT2D eigenvalue weighted by molar-refractivity contribution is -0.116. The zero-order valence-corrected chi connectivity index (χ0v) is 15.5. The first-order chi connectivity index (χ1) is 14.2. The van der Waals surface area contributed by atoms with Crippen LogP contribution in [0.25, 0.3) is 21.8 Å². The Bertz CT molecular complexity index is 1260. The van der Waals surface area contributed by atoms with Crippen LogP contribution in [0.4, 0.5) is 5.69 Å². The van der Waals surface area contributed by atoms with E-state index in [-0.39, 0.29) is 24.5 Å². The summed E-state index contributed by atoms with van der Waals surface area (Å²) < 4.78 is 7.12. The average Bonchev–Trinajstić information content (AvgIpc) is 2.75. The van der Waals surface area contributed by atoms with Gasteiger partial charge in [0.1, 0.15) is 18.4 Å². The Kier molecular flexibility index (Phi) is 4.95. The Morgan fingerprint density at radius 2 is 1.62 bits per heavy atom. The highest BCUT2D eigenvalue weighted by molar-refractivity contribution is 5.97. The third kappa shape index (κ3) is 3.66. The highest BCUT2D eigenvalue weighted by Crippen LogP contribution is 2.20. The Hall–Kier alpha value is -4.11. The van der Waals surface area contributed by atoms with Crippen molar-refractivity contribution in [1.29, 1.82) is 5.26 Å². The zero-order valence-electron chi connectivity index (χ0n) is 15.5. The predicted molar refractivity (Wildman–Crippen MR) is 112 cm³/mol. The van der Waals surface area contributed by atoms with Crippen molar-refractivity contribution >= 4 is 33.4 Å². The van der Waals surface area contributed by atoms with Crippen LogP contribution in [0.15, 0.2) is 77.6 Å². The summed E-state index contributed by atoms with van der Waals surface area (Å²) in [6.45, 7) is -0.0165. The third-order valence-electron chi connectivity index (χ3n) is 4.60. The molecule has 142 valence electrons. The van der Waals surface area contributed by atoms with Crippen LogP contribution in [0, 0.1) is 11.3 Å². The smallest absolute Gasteiger partial charge is 0.244 e. The molecule has 4 rings (SSSR count). The van der Waals surface area contributed by atoms with Gasteiger partial charge in [-0.1, -0.05) is 30.3 Å². The number of aromatic nitrogens is 1. The van der Waals surface area contributed by atoms with E-state index in [0.29, 0.717) is 33.2 Å². The average molecular weight is 383 g/mol. The number of anilines is 1. The summed E-state index contributed by atoms with van der Waals surface area (Å²) in [4.78, 5) is 25.6. The predicted octanol–water partition coefficient (Wildman–Crippen LogP) is 3.70. The Morgan fingerprint density at radius 3 is 2.28 bits per heavy atom. The molecule has 0 atom stereocenters. The molecule has 1 aromatic heterocycles. The van der Waals surface area contributed by atoms with Gasteiger partial charge < -0.3 is 14.6 Å². The minimum atomic E-state index is -0.235. The van der Waals surface area contributed by atoms with Crippen molar-refractivity contribution in [3.05, 3.63) is 83.0 Å². The maximum atomic E-state index is 12.8. The summed E-state index contributed by atoms with van der Waals surface area (Å²) in [6.07, 6.45) is 0. The standard InChI is InChI=1S/C23H17N3O3/c24-12-13-29-17-7-5-6-16(14-17)25-22(27)15-26-20-10-3-1-8-18(20)23(28)19-9-2-4-11-21(19)26/h1-11,14H,13,15H2,(H,25,27). The molecule has 1 N–H and O–H groups in total. The molecular weight excluding hydrogens is 366 g/mol. The summed E-state index contributed by atoms with van der Waals surface area (Å²) in [7, 11) is 0. The van der Waals surface area contributed by atoms with Gasteiger partial charge in [-0.25, -0.2) is 0 Å². The minimum Gasteiger partial charge on any atom is -0.479 e. The summed E-state index contributed by atoms with van der Waals surface area (Å²) in [5, 5.41) is 12.6. The molecule has 6 nitrogen and oxygen atoms in total. The molecule has 29 heavy (non-hydrogen) atoms. The Labute approximate surface area is 166 Å². The van der Waals surface area contributed by atoms with E-state index in [1.54, 1.807) is 36.4 Å². The van der Waals surface area contributed by atoms with Gasteiger partial charge in [-0.05, 0) is 36.4 Å². The number of amides is 1. The van der Waals surface area contributed by atoms with Gasteiger partial charge in [0, 0.05) is 22.5 Å². The van der Waals surface area contributed by atoms with Crippen molar-refractivity contribution in [1.82, 2.24) is 4.57 Å². The lowest BCUT2D eigenvalue weighted by Gasteiger charge is -2.15. The van der Waals surface area contributed by atoms with Crippen LogP contribution in [0.5, 0.6) is 5.75 Å². The number of hydrogen-bond donors (Lipinski definition) is 1. The van der Waals surface area contributed by atoms with E-state index in [1.165, 1.54) is 0 Å². The van der Waals surface area contributed by atoms with Crippen LogP contribution < -0.4 is 15.5 Å². The summed E-state index contributed by atoms with van der Waals surface area (Å²) in [5.74, 6) is 0.269. The number of pyridine rings is 1. The molecule has 0 spiro atoms. The monoisotopic (exact) mass is 383 g/mol. The Balaban J connectivity index is 1.69. The molecule has 1 amide bonds. The van der Waals surface area contributed by atoms with Gasteiger partial charge in [-0.3, -0.25) is 9.59 Å². The number of nitrogens with zero attached hydrogens (tertiary/aromatic N) is 2. The van der Waals surface area contributed by atoms with E-state index < -0.39 is 0 Å². The lowest BCUT2D eigenvalue weighted by Crippen LogP contribution is -2.21. The van der Waals surface area contributed by atoms with Gasteiger partial charge >= 0.3 is 0 Å². The second-order valence-corrected chi connectivity index (χ2v) is 6.47. The molecule has 3 aromatic carbocycles. The maximum Gasteiger partial charge on any atom is 0.244 e. The fourth-order valence-corrected chi connectivity index (χ4v) is 3.37. The number of carbonyl (C=O) groups is 1. The second-order valence-electron chi connectivity index (χ2n) is 6.47. The van der Waals surface area contributed by atoms with Crippen LogP contribution in [0.2, 0.25) is 0 Å². The van der Waals surface area contributed by atoms with Crippen LogP contribution in [-0.4, -0.2) is 17.1 Å². The van der Waals surface area contributed by atoms with E-state index >= 15 is 0 Å². The molecule has 0 radical (unpaired) electrons. The number of benzene rings is 3. The summed E-state index contributed by atoms with van der Waals surface area (Å²) in [6, 6.07) is 23.3. The second kappa shape index (κ2) is 7.87. The van der Waals surface area contributed by atoms with Crippen molar-refractivity contribution < 1.29 is 9.53 Å². The minimum absolute atomic E-state index is 0.0461. The first-order valence-electron chi connectivity index (χ1n) is 9.07. The normalized spacial score (nSPS) is 10.6. The van der Waals surface area contributed by atoms with Crippen molar-refractivity contribution in [2.75, 3.05) is 11.9 Å².